The summed E-state index contributed by atoms with van der Waals surface area (Å²) in [6.07, 6.45) is 1.51. The summed E-state index contributed by atoms with van der Waals surface area (Å²) in [5, 5.41) is 0. The first-order valence-corrected chi connectivity index (χ1v) is 8.94. The largest absolute Gasteiger partial charge is 0.472 e. The maximum Gasteiger partial charge on any atom is 0.252 e. The summed E-state index contributed by atoms with van der Waals surface area (Å²) in [5.41, 5.74) is 0. The van der Waals surface area contributed by atoms with Crippen LogP contribution >= 0.6 is 27.3 Å². The van der Waals surface area contributed by atoms with Crippen LogP contribution in [0.5, 0.6) is 5.88 Å². The van der Waals surface area contributed by atoms with E-state index in [1.807, 2.05) is 6.07 Å². The summed E-state index contributed by atoms with van der Waals surface area (Å²) in [4.78, 5) is 4.05. The molecule has 0 aromatic carbocycles. The Hall–Kier alpha value is -0.960. The van der Waals surface area contributed by atoms with Crippen molar-refractivity contribution in [2.24, 2.45) is 0 Å². The van der Waals surface area contributed by atoms with Gasteiger partial charge in [-0.15, -0.1) is 11.3 Å². The predicted octanol–water partition coefficient (Wildman–Crippen LogP) is 2.36. The highest BCUT2D eigenvalue weighted by atomic mass is 79.9. The van der Waals surface area contributed by atoms with Crippen LogP contribution in [0.2, 0.25) is 0 Å². The number of rotatable bonds is 4. The molecule has 1 aliphatic rings. The van der Waals surface area contributed by atoms with Gasteiger partial charge < -0.3 is 4.74 Å². The molecule has 0 atom stereocenters. The highest BCUT2D eigenvalue weighted by Crippen LogP contribution is 2.31. The topological polar surface area (TPSA) is 59.5 Å². The third kappa shape index (κ3) is 2.73. The van der Waals surface area contributed by atoms with Crippen LogP contribution in [0, 0.1) is 0 Å². The number of pyridine rings is 1. The summed E-state index contributed by atoms with van der Waals surface area (Å²) in [6, 6.07) is 8.74. The van der Waals surface area contributed by atoms with Gasteiger partial charge in [0.1, 0.15) is 10.3 Å². The molecule has 0 aliphatic carbocycles. The van der Waals surface area contributed by atoms with E-state index in [4.69, 9.17) is 4.74 Å². The van der Waals surface area contributed by atoms with E-state index in [9.17, 15) is 8.42 Å². The number of thiophene rings is 1. The minimum atomic E-state index is -3.39. The fourth-order valence-corrected chi connectivity index (χ4v) is 5.49. The van der Waals surface area contributed by atoms with E-state index in [-0.39, 0.29) is 6.10 Å². The third-order valence-electron chi connectivity index (χ3n) is 2.88. The number of halogens is 1. The smallest absolute Gasteiger partial charge is 0.252 e. The van der Waals surface area contributed by atoms with E-state index in [2.05, 4.69) is 20.9 Å². The zero-order valence-electron chi connectivity index (χ0n) is 10.3. The summed E-state index contributed by atoms with van der Waals surface area (Å²) >= 11 is 4.48. The van der Waals surface area contributed by atoms with Gasteiger partial charge in [0.15, 0.2) is 0 Å². The molecule has 20 heavy (non-hydrogen) atoms. The molecule has 0 spiro atoms. The van der Waals surface area contributed by atoms with Gasteiger partial charge in [-0.3, -0.25) is 0 Å². The molecule has 0 N–H and O–H groups in total. The van der Waals surface area contributed by atoms with Crippen LogP contribution in [0.4, 0.5) is 0 Å². The summed E-state index contributed by atoms with van der Waals surface area (Å²) < 4.78 is 32.7. The molecule has 0 bridgehead atoms. The molecule has 106 valence electrons. The Bertz CT molecular complexity index is 697. The van der Waals surface area contributed by atoms with Crippen molar-refractivity contribution in [2.45, 2.75) is 10.3 Å². The highest BCUT2D eigenvalue weighted by molar-refractivity contribution is 9.11. The van der Waals surface area contributed by atoms with Gasteiger partial charge in [-0.1, -0.05) is 6.07 Å². The molecule has 1 aliphatic heterocycles. The van der Waals surface area contributed by atoms with Crippen LogP contribution in [0.15, 0.2) is 44.5 Å². The average Bonchev–Trinajstić information content (AvgIpc) is 2.82. The monoisotopic (exact) mass is 374 g/mol. The minimum Gasteiger partial charge on any atom is -0.472 e. The molecule has 0 unspecified atom stereocenters. The Labute approximate surface area is 129 Å². The molecule has 8 heteroatoms. The molecule has 3 heterocycles. The Morgan fingerprint density at radius 3 is 2.70 bits per heavy atom. The van der Waals surface area contributed by atoms with E-state index >= 15 is 0 Å². The van der Waals surface area contributed by atoms with Crippen molar-refractivity contribution in [3.05, 3.63) is 40.3 Å². The lowest BCUT2D eigenvalue weighted by Gasteiger charge is -2.37. The Balaban J connectivity index is 1.63. The summed E-state index contributed by atoms with van der Waals surface area (Å²) in [6.45, 7) is 0.711. The molecule has 5 nitrogen and oxygen atoms in total. The van der Waals surface area contributed by atoms with Crippen LogP contribution < -0.4 is 4.74 Å². The fourth-order valence-electron chi connectivity index (χ4n) is 1.82. The first kappa shape index (κ1) is 14.0. The third-order valence-corrected chi connectivity index (χ3v) is 6.81. The predicted molar refractivity (Wildman–Crippen MR) is 79.4 cm³/mol. The molecular formula is C12H11BrN2O3S2. The van der Waals surface area contributed by atoms with Crippen LogP contribution in [0.25, 0.3) is 0 Å². The van der Waals surface area contributed by atoms with Gasteiger partial charge in [-0.2, -0.15) is 4.31 Å². The lowest BCUT2D eigenvalue weighted by atomic mass is 10.2. The van der Waals surface area contributed by atoms with E-state index in [1.54, 1.807) is 30.5 Å². The zero-order valence-corrected chi connectivity index (χ0v) is 13.5. The molecule has 0 radical (unpaired) electrons. The van der Waals surface area contributed by atoms with Crippen LogP contribution in [0.3, 0.4) is 0 Å². The van der Waals surface area contributed by atoms with Crippen molar-refractivity contribution in [3.8, 4) is 5.88 Å². The summed E-state index contributed by atoms with van der Waals surface area (Å²) in [5.74, 6) is 0.522. The maximum absolute atomic E-state index is 12.3. The van der Waals surface area contributed by atoms with Gasteiger partial charge >= 0.3 is 0 Å². The highest BCUT2D eigenvalue weighted by Gasteiger charge is 2.39. The maximum atomic E-state index is 12.3. The lowest BCUT2D eigenvalue weighted by molar-refractivity contribution is 0.0722. The van der Waals surface area contributed by atoms with Crippen molar-refractivity contribution in [1.82, 2.24) is 9.29 Å². The van der Waals surface area contributed by atoms with Gasteiger partial charge in [0.2, 0.25) is 5.88 Å². The molecule has 2 aromatic rings. The number of hydrogen-bond donors (Lipinski definition) is 0. The second-order valence-corrected chi connectivity index (χ2v) is 8.92. The van der Waals surface area contributed by atoms with Gasteiger partial charge in [0, 0.05) is 12.3 Å². The number of ether oxygens (including phenoxy) is 1. The first-order valence-electron chi connectivity index (χ1n) is 5.89. The number of hydrogen-bond acceptors (Lipinski definition) is 5. The Morgan fingerprint density at radius 2 is 2.10 bits per heavy atom. The van der Waals surface area contributed by atoms with Gasteiger partial charge in [-0.25, -0.2) is 13.4 Å². The molecule has 0 saturated carbocycles. The Kier molecular flexibility index (Phi) is 3.80. The van der Waals surface area contributed by atoms with E-state index < -0.39 is 10.0 Å². The Morgan fingerprint density at radius 1 is 1.30 bits per heavy atom. The van der Waals surface area contributed by atoms with Crippen molar-refractivity contribution < 1.29 is 13.2 Å². The van der Waals surface area contributed by atoms with Crippen molar-refractivity contribution >= 4 is 37.3 Å². The SMILES string of the molecule is O=S(=O)(c1ccc(Br)s1)N1CC(Oc2ccccn2)C1. The van der Waals surface area contributed by atoms with Gasteiger partial charge in [0.05, 0.1) is 16.9 Å². The van der Waals surface area contributed by atoms with E-state index in [0.29, 0.717) is 23.2 Å². The second-order valence-electron chi connectivity index (χ2n) is 4.29. The van der Waals surface area contributed by atoms with E-state index in [1.165, 1.54) is 15.6 Å². The van der Waals surface area contributed by atoms with Crippen molar-refractivity contribution in [3.63, 3.8) is 0 Å². The second kappa shape index (κ2) is 5.44. The standard InChI is InChI=1S/C12H11BrN2O3S2/c13-10-4-5-12(19-10)20(16,17)15-7-9(8-15)18-11-3-1-2-6-14-11/h1-6,9H,7-8H2. The number of nitrogens with zero attached hydrogens (tertiary/aromatic N) is 2. The van der Waals surface area contributed by atoms with Crippen molar-refractivity contribution in [2.75, 3.05) is 13.1 Å². The lowest BCUT2D eigenvalue weighted by Crippen LogP contribution is -2.55. The molecule has 2 aromatic heterocycles. The normalized spacial score (nSPS) is 16.9. The zero-order chi connectivity index (χ0) is 14.2. The molecule has 1 fully saturated rings. The van der Waals surface area contributed by atoms with Crippen LogP contribution in [0.1, 0.15) is 0 Å². The number of sulfonamides is 1. The van der Waals surface area contributed by atoms with Crippen LogP contribution in [-0.4, -0.2) is 36.9 Å². The average molecular weight is 375 g/mol. The van der Waals surface area contributed by atoms with Crippen LogP contribution in [-0.2, 0) is 10.0 Å². The van der Waals surface area contributed by atoms with Gasteiger partial charge in [0.25, 0.3) is 10.0 Å². The molecule has 3 rings (SSSR count). The fraction of sp³-hybridized carbons (Fsp3) is 0.250. The summed E-state index contributed by atoms with van der Waals surface area (Å²) in [7, 11) is -3.39. The van der Waals surface area contributed by atoms with Gasteiger partial charge in [-0.05, 0) is 34.1 Å². The van der Waals surface area contributed by atoms with E-state index in [0.717, 1.165) is 3.79 Å². The molecular weight excluding hydrogens is 364 g/mol. The van der Waals surface area contributed by atoms with Crippen molar-refractivity contribution in [1.29, 1.82) is 0 Å². The first-order chi connectivity index (χ1) is 9.55. The quantitative estimate of drug-likeness (QED) is 0.823. The molecule has 1 saturated heterocycles. The minimum absolute atomic E-state index is 0.136. The number of aromatic nitrogens is 1. The molecule has 0 amide bonds.